The lowest BCUT2D eigenvalue weighted by Gasteiger charge is -2.13. The first-order valence-electron chi connectivity index (χ1n) is 8.86. The number of nitrogens with one attached hydrogen (secondary N) is 1. The third kappa shape index (κ3) is 3.66. The van der Waals surface area contributed by atoms with Gasteiger partial charge in [0.2, 0.25) is 0 Å². The summed E-state index contributed by atoms with van der Waals surface area (Å²) in [5.74, 6) is 0. The van der Waals surface area contributed by atoms with Crippen molar-refractivity contribution >= 4 is 22.4 Å². The number of fused-ring (bicyclic) bond motifs is 1. The van der Waals surface area contributed by atoms with Crippen molar-refractivity contribution in [3.8, 4) is 6.07 Å². The Morgan fingerprint density at radius 2 is 1.96 bits per heavy atom. The Morgan fingerprint density at radius 3 is 2.59 bits per heavy atom. The van der Waals surface area contributed by atoms with E-state index in [0.29, 0.717) is 29.2 Å². The van der Waals surface area contributed by atoms with Crippen molar-refractivity contribution in [1.82, 2.24) is 19.5 Å². The summed E-state index contributed by atoms with van der Waals surface area (Å²) in [5.41, 5.74) is 5.57. The lowest BCUT2D eigenvalue weighted by molar-refractivity contribution is 0.134. The second-order valence-corrected chi connectivity index (χ2v) is 6.00. The molecule has 7 nitrogen and oxygen atoms in total. The van der Waals surface area contributed by atoms with E-state index in [0.717, 1.165) is 18.5 Å². The molecule has 0 saturated heterocycles. The highest BCUT2D eigenvalue weighted by Crippen LogP contribution is 2.25. The van der Waals surface area contributed by atoms with Gasteiger partial charge in [-0.05, 0) is 24.0 Å². The number of benzene rings is 1. The highest BCUT2D eigenvalue weighted by atomic mass is 16.5. The number of allylic oxidation sites excluding steroid dienone is 1. The molecule has 1 aromatic carbocycles. The normalized spacial score (nSPS) is 11.6. The SMILES string of the molecule is CCc1cccc(CC)c1N/C=C(/C#N)c1ncnc2c1ncn2COC. The maximum absolute atomic E-state index is 9.70. The van der Waals surface area contributed by atoms with E-state index in [4.69, 9.17) is 4.74 Å². The minimum atomic E-state index is 0.334. The summed E-state index contributed by atoms with van der Waals surface area (Å²) in [6.45, 7) is 4.57. The summed E-state index contributed by atoms with van der Waals surface area (Å²) in [7, 11) is 1.61. The Kier molecular flexibility index (Phi) is 5.79. The second kappa shape index (κ2) is 8.43. The summed E-state index contributed by atoms with van der Waals surface area (Å²) < 4.78 is 6.92. The summed E-state index contributed by atoms with van der Waals surface area (Å²) in [6, 6.07) is 8.48. The van der Waals surface area contributed by atoms with Crippen LogP contribution in [0.15, 0.2) is 37.1 Å². The number of nitriles is 1. The molecule has 0 aliphatic heterocycles. The first-order chi connectivity index (χ1) is 13.2. The number of aryl methyl sites for hydroxylation is 2. The molecule has 0 fully saturated rings. The van der Waals surface area contributed by atoms with E-state index in [1.54, 1.807) is 24.2 Å². The summed E-state index contributed by atoms with van der Waals surface area (Å²) in [4.78, 5) is 12.9. The molecule has 138 valence electrons. The van der Waals surface area contributed by atoms with E-state index in [2.05, 4.69) is 58.4 Å². The van der Waals surface area contributed by atoms with Crippen LogP contribution in [0, 0.1) is 11.3 Å². The van der Waals surface area contributed by atoms with Crippen molar-refractivity contribution < 1.29 is 4.74 Å². The molecular weight excluding hydrogens is 340 g/mol. The molecule has 27 heavy (non-hydrogen) atoms. The van der Waals surface area contributed by atoms with Crippen molar-refractivity contribution in [3.63, 3.8) is 0 Å². The number of imidazole rings is 1. The first kappa shape index (κ1) is 18.5. The number of para-hydroxylation sites is 1. The molecule has 0 aliphatic carbocycles. The second-order valence-electron chi connectivity index (χ2n) is 6.00. The topological polar surface area (TPSA) is 88.7 Å². The minimum absolute atomic E-state index is 0.334. The van der Waals surface area contributed by atoms with Crippen LogP contribution in [0.2, 0.25) is 0 Å². The van der Waals surface area contributed by atoms with Crippen LogP contribution in [0.1, 0.15) is 30.7 Å². The first-order valence-corrected chi connectivity index (χ1v) is 8.86. The summed E-state index contributed by atoms with van der Waals surface area (Å²) >= 11 is 0. The molecule has 3 rings (SSSR count). The Bertz CT molecular complexity index is 993. The predicted octanol–water partition coefficient (Wildman–Crippen LogP) is 3.53. The number of ether oxygens (including phenoxy) is 1. The molecule has 3 aromatic rings. The fourth-order valence-electron chi connectivity index (χ4n) is 3.04. The average Bonchev–Trinajstić information content (AvgIpc) is 3.12. The zero-order chi connectivity index (χ0) is 19.2. The van der Waals surface area contributed by atoms with Gasteiger partial charge in [-0.1, -0.05) is 32.0 Å². The molecule has 0 bridgehead atoms. The maximum Gasteiger partial charge on any atom is 0.165 e. The lowest BCUT2D eigenvalue weighted by atomic mass is 10.0. The van der Waals surface area contributed by atoms with Crippen LogP contribution in [0.3, 0.4) is 0 Å². The fraction of sp³-hybridized carbons (Fsp3) is 0.300. The standard InChI is InChI=1S/C20H22N6O/c1-4-14-7-6-8-15(5-2)17(14)22-10-16(9-21)18-19-20(24-11-23-18)26(12-25-19)13-27-3/h6-8,10-12,22H,4-5,13H2,1-3H3/b16-10-. The van der Waals surface area contributed by atoms with Crippen LogP contribution in [0.25, 0.3) is 16.7 Å². The van der Waals surface area contributed by atoms with E-state index in [-0.39, 0.29) is 0 Å². The number of methoxy groups -OCH3 is 1. The third-order valence-electron chi connectivity index (χ3n) is 4.40. The Balaban J connectivity index is 2.02. The number of nitrogens with zero attached hydrogens (tertiary/aromatic N) is 5. The molecule has 0 saturated carbocycles. The summed E-state index contributed by atoms with van der Waals surface area (Å²) in [5, 5.41) is 13.0. The number of aromatic nitrogens is 4. The van der Waals surface area contributed by atoms with E-state index in [1.807, 2.05) is 0 Å². The largest absolute Gasteiger partial charge is 0.364 e. The number of rotatable bonds is 7. The Hall–Kier alpha value is -3.24. The fourth-order valence-corrected chi connectivity index (χ4v) is 3.04. The molecule has 7 heteroatoms. The van der Waals surface area contributed by atoms with Crippen LogP contribution in [-0.4, -0.2) is 26.6 Å². The molecule has 2 aromatic heterocycles. The van der Waals surface area contributed by atoms with Gasteiger partial charge in [0.05, 0.1) is 11.9 Å². The van der Waals surface area contributed by atoms with E-state index in [9.17, 15) is 5.26 Å². The number of hydrogen-bond donors (Lipinski definition) is 1. The Morgan fingerprint density at radius 1 is 1.22 bits per heavy atom. The molecule has 0 aliphatic rings. The van der Waals surface area contributed by atoms with Crippen LogP contribution in [-0.2, 0) is 24.3 Å². The van der Waals surface area contributed by atoms with Crippen LogP contribution >= 0.6 is 0 Å². The van der Waals surface area contributed by atoms with Gasteiger partial charge in [-0.3, -0.25) is 4.57 Å². The number of hydrogen-bond acceptors (Lipinski definition) is 6. The maximum atomic E-state index is 9.70. The molecule has 0 unspecified atom stereocenters. The highest BCUT2D eigenvalue weighted by Gasteiger charge is 2.14. The van der Waals surface area contributed by atoms with Crippen LogP contribution < -0.4 is 5.32 Å². The smallest absolute Gasteiger partial charge is 0.165 e. The molecule has 0 amide bonds. The predicted molar refractivity (Wildman–Crippen MR) is 105 cm³/mol. The van der Waals surface area contributed by atoms with Crippen molar-refractivity contribution in [1.29, 1.82) is 5.26 Å². The van der Waals surface area contributed by atoms with Gasteiger partial charge < -0.3 is 10.1 Å². The van der Waals surface area contributed by atoms with Crippen molar-refractivity contribution in [2.45, 2.75) is 33.4 Å². The monoisotopic (exact) mass is 362 g/mol. The highest BCUT2D eigenvalue weighted by molar-refractivity contribution is 5.90. The van der Waals surface area contributed by atoms with Gasteiger partial charge in [0.15, 0.2) is 5.65 Å². The average molecular weight is 362 g/mol. The molecular formula is C20H22N6O. The van der Waals surface area contributed by atoms with Gasteiger partial charge in [0.25, 0.3) is 0 Å². The van der Waals surface area contributed by atoms with Gasteiger partial charge in [0, 0.05) is 19.0 Å². The molecule has 0 spiro atoms. The van der Waals surface area contributed by atoms with Crippen molar-refractivity contribution in [3.05, 3.63) is 53.9 Å². The van der Waals surface area contributed by atoms with Crippen molar-refractivity contribution in [2.24, 2.45) is 0 Å². The number of anilines is 1. The zero-order valence-corrected chi connectivity index (χ0v) is 15.7. The minimum Gasteiger partial charge on any atom is -0.364 e. The van der Waals surface area contributed by atoms with Gasteiger partial charge in [-0.25, -0.2) is 15.0 Å². The van der Waals surface area contributed by atoms with E-state index in [1.165, 1.54) is 17.5 Å². The molecule has 0 atom stereocenters. The quantitative estimate of drug-likeness (QED) is 0.647. The molecule has 0 radical (unpaired) electrons. The zero-order valence-electron chi connectivity index (χ0n) is 15.7. The Labute approximate surface area is 158 Å². The third-order valence-corrected chi connectivity index (χ3v) is 4.40. The van der Waals surface area contributed by atoms with E-state index >= 15 is 0 Å². The van der Waals surface area contributed by atoms with Gasteiger partial charge in [0.1, 0.15) is 30.3 Å². The van der Waals surface area contributed by atoms with Gasteiger partial charge >= 0.3 is 0 Å². The molecule has 1 N–H and O–H groups in total. The van der Waals surface area contributed by atoms with E-state index < -0.39 is 0 Å². The van der Waals surface area contributed by atoms with Gasteiger partial charge in [-0.15, -0.1) is 0 Å². The van der Waals surface area contributed by atoms with Crippen LogP contribution in [0.5, 0.6) is 0 Å². The molecule has 2 heterocycles. The summed E-state index contributed by atoms with van der Waals surface area (Å²) in [6.07, 6.45) is 6.59. The van der Waals surface area contributed by atoms with Gasteiger partial charge in [-0.2, -0.15) is 5.26 Å². The lowest BCUT2D eigenvalue weighted by Crippen LogP contribution is -2.02. The van der Waals surface area contributed by atoms with Crippen molar-refractivity contribution in [2.75, 3.05) is 12.4 Å². The van der Waals surface area contributed by atoms with Crippen LogP contribution in [0.4, 0.5) is 5.69 Å².